The second-order valence-corrected chi connectivity index (χ2v) is 2.96. The van der Waals surface area contributed by atoms with Crippen molar-refractivity contribution in [1.82, 2.24) is 9.78 Å². The molecule has 0 bridgehead atoms. The number of hydrogen-bond donors (Lipinski definition) is 0. The standard InChI is InChI=1S/C7H12N2.C3H8.C2H6/c1-4-7-6(2)5-8-9(7)3;1-3-2;1-2/h5H,4H2,1-3H3;3H2,1-2H3;1-2H3. The molecule has 0 aliphatic rings. The molecule has 0 aliphatic heterocycles. The van der Waals surface area contributed by atoms with Crippen molar-refractivity contribution in [2.24, 2.45) is 7.05 Å². The third-order valence-corrected chi connectivity index (χ3v) is 1.61. The maximum absolute atomic E-state index is 4.10. The monoisotopic (exact) mass is 198 g/mol. The molecule has 0 radical (unpaired) electrons. The van der Waals surface area contributed by atoms with Crippen LogP contribution in [-0.4, -0.2) is 9.78 Å². The van der Waals surface area contributed by atoms with Gasteiger partial charge in [-0.2, -0.15) is 5.10 Å². The zero-order valence-corrected chi connectivity index (χ0v) is 10.9. The Morgan fingerprint density at radius 2 is 1.64 bits per heavy atom. The van der Waals surface area contributed by atoms with Crippen LogP contribution in [0.25, 0.3) is 0 Å². The maximum Gasteiger partial charge on any atom is 0.0521 e. The van der Waals surface area contributed by atoms with Crippen LogP contribution in [0.3, 0.4) is 0 Å². The summed E-state index contributed by atoms with van der Waals surface area (Å²) in [6.07, 6.45) is 4.22. The molecule has 0 fully saturated rings. The molecule has 1 aromatic heterocycles. The molecule has 14 heavy (non-hydrogen) atoms. The van der Waals surface area contributed by atoms with E-state index >= 15 is 0 Å². The fraction of sp³-hybridized carbons (Fsp3) is 0.750. The number of aromatic nitrogens is 2. The van der Waals surface area contributed by atoms with E-state index in [0.29, 0.717) is 0 Å². The van der Waals surface area contributed by atoms with E-state index in [1.54, 1.807) is 0 Å². The van der Waals surface area contributed by atoms with Crippen LogP contribution < -0.4 is 0 Å². The molecule has 1 rings (SSSR count). The van der Waals surface area contributed by atoms with E-state index in [-0.39, 0.29) is 0 Å². The highest BCUT2D eigenvalue weighted by molar-refractivity contribution is 5.14. The van der Waals surface area contributed by atoms with Crippen LogP contribution in [-0.2, 0) is 13.5 Å². The summed E-state index contributed by atoms with van der Waals surface area (Å²) in [6, 6.07) is 0. The Bertz CT molecular complexity index is 195. The van der Waals surface area contributed by atoms with E-state index in [2.05, 4.69) is 32.8 Å². The molecule has 0 amide bonds. The van der Waals surface area contributed by atoms with Crippen molar-refractivity contribution in [2.45, 2.75) is 54.4 Å². The minimum Gasteiger partial charge on any atom is -0.272 e. The van der Waals surface area contributed by atoms with Gasteiger partial charge in [-0.15, -0.1) is 0 Å². The lowest BCUT2D eigenvalue weighted by Crippen LogP contribution is -1.96. The summed E-state index contributed by atoms with van der Waals surface area (Å²) < 4.78 is 1.93. The molecular weight excluding hydrogens is 172 g/mol. The molecule has 0 aromatic carbocycles. The predicted octanol–water partition coefficient (Wildman–Crippen LogP) is 3.73. The molecular formula is C12H26N2. The van der Waals surface area contributed by atoms with Crippen molar-refractivity contribution in [1.29, 1.82) is 0 Å². The lowest BCUT2D eigenvalue weighted by molar-refractivity contribution is 0.716. The van der Waals surface area contributed by atoms with Gasteiger partial charge in [0.1, 0.15) is 0 Å². The molecule has 0 N–H and O–H groups in total. The highest BCUT2D eigenvalue weighted by Crippen LogP contribution is 2.04. The van der Waals surface area contributed by atoms with Crippen molar-refractivity contribution >= 4 is 0 Å². The summed E-state index contributed by atoms with van der Waals surface area (Å²) in [5, 5.41) is 4.10. The fourth-order valence-corrected chi connectivity index (χ4v) is 1.08. The van der Waals surface area contributed by atoms with Crippen LogP contribution in [0.4, 0.5) is 0 Å². The maximum atomic E-state index is 4.10. The predicted molar refractivity (Wildman–Crippen MR) is 64.6 cm³/mol. The molecule has 1 heterocycles. The summed E-state index contributed by atoms with van der Waals surface area (Å²) in [5.41, 5.74) is 2.62. The number of hydrogen-bond acceptors (Lipinski definition) is 1. The van der Waals surface area contributed by atoms with Gasteiger partial charge in [-0.1, -0.05) is 41.0 Å². The van der Waals surface area contributed by atoms with E-state index < -0.39 is 0 Å². The molecule has 0 saturated heterocycles. The minimum absolute atomic E-state index is 1.07. The van der Waals surface area contributed by atoms with Gasteiger partial charge in [0.15, 0.2) is 0 Å². The Balaban J connectivity index is 0. The van der Waals surface area contributed by atoms with Gasteiger partial charge in [-0.25, -0.2) is 0 Å². The van der Waals surface area contributed by atoms with E-state index in [4.69, 9.17) is 0 Å². The van der Waals surface area contributed by atoms with E-state index in [1.165, 1.54) is 17.7 Å². The molecule has 84 valence electrons. The van der Waals surface area contributed by atoms with E-state index in [1.807, 2.05) is 31.8 Å². The van der Waals surface area contributed by atoms with Crippen molar-refractivity contribution in [3.63, 3.8) is 0 Å². The highest BCUT2D eigenvalue weighted by Gasteiger charge is 1.98. The van der Waals surface area contributed by atoms with Crippen LogP contribution >= 0.6 is 0 Å². The van der Waals surface area contributed by atoms with Crippen molar-refractivity contribution in [3.05, 3.63) is 17.5 Å². The fourth-order valence-electron chi connectivity index (χ4n) is 1.08. The number of nitrogens with zero attached hydrogens (tertiary/aromatic N) is 2. The van der Waals surface area contributed by atoms with E-state index in [9.17, 15) is 0 Å². The van der Waals surface area contributed by atoms with Crippen LogP contribution in [0.1, 0.15) is 52.3 Å². The average molecular weight is 198 g/mol. The van der Waals surface area contributed by atoms with Gasteiger partial charge >= 0.3 is 0 Å². The second-order valence-electron chi connectivity index (χ2n) is 2.96. The molecule has 0 atom stereocenters. The summed E-state index contributed by atoms with van der Waals surface area (Å²) in [7, 11) is 1.98. The average Bonchev–Trinajstić information content (AvgIpc) is 2.50. The Morgan fingerprint density at radius 1 is 1.21 bits per heavy atom. The Kier molecular flexibility index (Phi) is 11.5. The molecule has 2 nitrogen and oxygen atoms in total. The second kappa shape index (κ2) is 10.3. The molecule has 0 saturated carbocycles. The van der Waals surface area contributed by atoms with Gasteiger partial charge in [0, 0.05) is 12.7 Å². The topological polar surface area (TPSA) is 17.8 Å². The molecule has 2 heteroatoms. The van der Waals surface area contributed by atoms with E-state index in [0.717, 1.165) is 6.42 Å². The van der Waals surface area contributed by atoms with Crippen LogP contribution in [0, 0.1) is 6.92 Å². The zero-order valence-electron chi connectivity index (χ0n) is 10.9. The van der Waals surface area contributed by atoms with Gasteiger partial charge in [-0.3, -0.25) is 4.68 Å². The third-order valence-electron chi connectivity index (χ3n) is 1.61. The first kappa shape index (κ1) is 15.7. The largest absolute Gasteiger partial charge is 0.272 e. The molecule has 0 spiro atoms. The van der Waals surface area contributed by atoms with Gasteiger partial charge in [0.2, 0.25) is 0 Å². The first-order valence-electron chi connectivity index (χ1n) is 5.64. The lowest BCUT2D eigenvalue weighted by atomic mass is 10.2. The number of rotatable bonds is 1. The Labute approximate surface area is 89.3 Å². The number of aryl methyl sites for hydroxylation is 2. The van der Waals surface area contributed by atoms with Crippen LogP contribution in [0.15, 0.2) is 6.20 Å². The van der Waals surface area contributed by atoms with Gasteiger partial charge in [0.25, 0.3) is 0 Å². The Hall–Kier alpha value is -0.790. The summed E-state index contributed by atoms with van der Waals surface area (Å²) in [4.78, 5) is 0. The highest BCUT2D eigenvalue weighted by atomic mass is 15.3. The van der Waals surface area contributed by atoms with Gasteiger partial charge < -0.3 is 0 Å². The lowest BCUT2D eigenvalue weighted by Gasteiger charge is -1.96. The first-order valence-corrected chi connectivity index (χ1v) is 5.64. The molecule has 1 aromatic rings. The summed E-state index contributed by atoms with van der Waals surface area (Å²) in [6.45, 7) is 12.5. The molecule has 0 unspecified atom stereocenters. The third kappa shape index (κ3) is 5.79. The molecule has 0 aliphatic carbocycles. The Morgan fingerprint density at radius 3 is 1.79 bits per heavy atom. The van der Waals surface area contributed by atoms with Crippen LogP contribution in [0.5, 0.6) is 0 Å². The normalized spacial score (nSPS) is 8.21. The van der Waals surface area contributed by atoms with Crippen LogP contribution in [0.2, 0.25) is 0 Å². The first-order chi connectivity index (χ1) is 6.67. The van der Waals surface area contributed by atoms with Gasteiger partial charge in [-0.05, 0) is 18.9 Å². The van der Waals surface area contributed by atoms with Crippen molar-refractivity contribution in [3.8, 4) is 0 Å². The van der Waals surface area contributed by atoms with Crippen molar-refractivity contribution in [2.75, 3.05) is 0 Å². The SMILES string of the molecule is CC.CCC.CCc1c(C)cnn1C. The smallest absolute Gasteiger partial charge is 0.0521 e. The van der Waals surface area contributed by atoms with Gasteiger partial charge in [0.05, 0.1) is 6.20 Å². The summed E-state index contributed by atoms with van der Waals surface area (Å²) in [5.74, 6) is 0. The summed E-state index contributed by atoms with van der Waals surface area (Å²) >= 11 is 0. The van der Waals surface area contributed by atoms with Crippen molar-refractivity contribution < 1.29 is 0 Å². The zero-order chi connectivity index (χ0) is 11.6. The quantitative estimate of drug-likeness (QED) is 0.672. The minimum atomic E-state index is 1.07.